The predicted octanol–water partition coefficient (Wildman–Crippen LogP) is 4.41. The number of rotatable bonds is 6. The first-order valence-electron chi connectivity index (χ1n) is 7.52. The van der Waals surface area contributed by atoms with Crippen molar-refractivity contribution >= 4 is 23.4 Å². The van der Waals surface area contributed by atoms with Crippen LogP contribution in [-0.2, 0) is 17.5 Å². The lowest BCUT2D eigenvalue weighted by molar-refractivity contribution is -0.384. The van der Waals surface area contributed by atoms with Crippen molar-refractivity contribution in [2.45, 2.75) is 29.8 Å². The quantitative estimate of drug-likeness (QED) is 0.455. The Bertz CT molecular complexity index is 777. The van der Waals surface area contributed by atoms with Crippen LogP contribution in [0.5, 0.6) is 0 Å². The van der Waals surface area contributed by atoms with Gasteiger partial charge in [-0.2, -0.15) is 13.2 Å². The molecule has 2 aromatic rings. The number of thioether (sulfide) groups is 1. The van der Waals surface area contributed by atoms with Gasteiger partial charge in [0, 0.05) is 23.6 Å². The summed E-state index contributed by atoms with van der Waals surface area (Å²) >= 11 is 1.23. The third-order valence-corrected chi connectivity index (χ3v) is 4.59. The number of amides is 1. The number of nitro groups is 1. The number of halogens is 3. The molecule has 1 N–H and O–H groups in total. The van der Waals surface area contributed by atoms with E-state index in [4.69, 9.17) is 0 Å². The van der Waals surface area contributed by atoms with Gasteiger partial charge in [-0.1, -0.05) is 12.1 Å². The zero-order chi connectivity index (χ0) is 19.3. The molecule has 0 aliphatic carbocycles. The number of hydrogen-bond donors (Lipinski definition) is 1. The van der Waals surface area contributed by atoms with Gasteiger partial charge in [0.05, 0.1) is 15.7 Å². The number of benzene rings is 2. The molecule has 2 aromatic carbocycles. The van der Waals surface area contributed by atoms with Gasteiger partial charge < -0.3 is 5.32 Å². The van der Waals surface area contributed by atoms with Gasteiger partial charge in [0.15, 0.2) is 0 Å². The predicted molar refractivity (Wildman–Crippen MR) is 91.7 cm³/mol. The molecule has 0 bridgehead atoms. The molecule has 1 unspecified atom stereocenters. The molecule has 9 heteroatoms. The second-order valence-corrected chi connectivity index (χ2v) is 6.84. The second kappa shape index (κ2) is 8.22. The minimum absolute atomic E-state index is 0.0336. The topological polar surface area (TPSA) is 72.2 Å². The van der Waals surface area contributed by atoms with Crippen molar-refractivity contribution in [1.29, 1.82) is 0 Å². The minimum atomic E-state index is -4.39. The standard InChI is InChI=1S/C17H15F3N2O3S/c1-11(26-15-8-6-14(7-9-15)22(24)25)16(23)21-10-12-2-4-13(5-3-12)17(18,19)20/h2-9,11H,10H2,1H3,(H,21,23). The van der Waals surface area contributed by atoms with Crippen LogP contribution in [0.25, 0.3) is 0 Å². The molecule has 0 radical (unpaired) electrons. The molecule has 0 aliphatic heterocycles. The van der Waals surface area contributed by atoms with Crippen molar-refractivity contribution in [3.63, 3.8) is 0 Å². The van der Waals surface area contributed by atoms with Crippen molar-refractivity contribution in [2.75, 3.05) is 0 Å². The average molecular weight is 384 g/mol. The van der Waals surface area contributed by atoms with Crippen LogP contribution in [0.2, 0.25) is 0 Å². The Hall–Kier alpha value is -2.55. The third kappa shape index (κ3) is 5.48. The summed E-state index contributed by atoms with van der Waals surface area (Å²) in [5.41, 5.74) is -0.220. The molecule has 5 nitrogen and oxygen atoms in total. The highest BCUT2D eigenvalue weighted by atomic mass is 32.2. The van der Waals surface area contributed by atoms with E-state index in [0.717, 1.165) is 12.1 Å². The van der Waals surface area contributed by atoms with Gasteiger partial charge in [-0.3, -0.25) is 14.9 Å². The summed E-state index contributed by atoms with van der Waals surface area (Å²) in [5, 5.41) is 12.8. The van der Waals surface area contributed by atoms with E-state index in [9.17, 15) is 28.1 Å². The van der Waals surface area contributed by atoms with Crippen molar-refractivity contribution < 1.29 is 22.9 Å². The van der Waals surface area contributed by atoms with Gasteiger partial charge in [0.2, 0.25) is 5.91 Å². The molecule has 0 aromatic heterocycles. The van der Waals surface area contributed by atoms with E-state index in [0.29, 0.717) is 10.5 Å². The maximum atomic E-state index is 12.5. The summed E-state index contributed by atoms with van der Waals surface area (Å²) in [5.74, 6) is -0.284. The van der Waals surface area contributed by atoms with E-state index < -0.39 is 21.9 Å². The molecule has 0 heterocycles. The van der Waals surface area contributed by atoms with Gasteiger partial charge in [-0.15, -0.1) is 11.8 Å². The Kier molecular flexibility index (Phi) is 6.25. The molecular formula is C17H15F3N2O3S. The zero-order valence-corrected chi connectivity index (χ0v) is 14.4. The lowest BCUT2D eigenvalue weighted by Crippen LogP contribution is -2.30. The highest BCUT2D eigenvalue weighted by molar-refractivity contribution is 8.00. The highest BCUT2D eigenvalue weighted by Crippen LogP contribution is 2.29. The number of nitrogens with one attached hydrogen (secondary N) is 1. The fraction of sp³-hybridized carbons (Fsp3) is 0.235. The van der Waals surface area contributed by atoms with Crippen LogP contribution in [0, 0.1) is 10.1 Å². The number of carbonyl (C=O) groups excluding carboxylic acids is 1. The van der Waals surface area contributed by atoms with Crippen LogP contribution in [0.15, 0.2) is 53.4 Å². The Morgan fingerprint density at radius 2 is 1.73 bits per heavy atom. The van der Waals surface area contributed by atoms with Gasteiger partial charge in [-0.05, 0) is 36.8 Å². The number of nitro benzene ring substituents is 1. The molecule has 0 spiro atoms. The van der Waals surface area contributed by atoms with Crippen LogP contribution in [0.1, 0.15) is 18.1 Å². The number of non-ortho nitro benzene ring substituents is 1. The van der Waals surface area contributed by atoms with E-state index in [1.807, 2.05) is 0 Å². The zero-order valence-electron chi connectivity index (χ0n) is 13.6. The fourth-order valence-electron chi connectivity index (χ4n) is 2.05. The second-order valence-electron chi connectivity index (χ2n) is 5.42. The summed E-state index contributed by atoms with van der Waals surface area (Å²) in [6.07, 6.45) is -4.39. The minimum Gasteiger partial charge on any atom is -0.351 e. The van der Waals surface area contributed by atoms with E-state index in [1.54, 1.807) is 19.1 Å². The summed E-state index contributed by atoms with van der Waals surface area (Å²) in [6, 6.07) is 10.4. The van der Waals surface area contributed by atoms with E-state index >= 15 is 0 Å². The normalized spacial score (nSPS) is 12.5. The largest absolute Gasteiger partial charge is 0.416 e. The van der Waals surface area contributed by atoms with Crippen molar-refractivity contribution in [3.05, 3.63) is 69.8 Å². The molecule has 138 valence electrons. The molecule has 1 amide bonds. The third-order valence-electron chi connectivity index (χ3n) is 3.48. The van der Waals surface area contributed by atoms with Gasteiger partial charge in [-0.25, -0.2) is 0 Å². The van der Waals surface area contributed by atoms with Crippen LogP contribution >= 0.6 is 11.8 Å². The first-order chi connectivity index (χ1) is 12.2. The molecule has 1 atom stereocenters. The summed E-state index contributed by atoms with van der Waals surface area (Å²) in [6.45, 7) is 1.79. The van der Waals surface area contributed by atoms with E-state index in [-0.39, 0.29) is 18.1 Å². The van der Waals surface area contributed by atoms with Crippen molar-refractivity contribution in [3.8, 4) is 0 Å². The molecule has 26 heavy (non-hydrogen) atoms. The maximum Gasteiger partial charge on any atom is 0.416 e. The number of alkyl halides is 3. The van der Waals surface area contributed by atoms with E-state index in [2.05, 4.69) is 5.32 Å². The first-order valence-corrected chi connectivity index (χ1v) is 8.40. The molecule has 0 fully saturated rings. The van der Waals surface area contributed by atoms with Crippen LogP contribution < -0.4 is 5.32 Å². The monoisotopic (exact) mass is 384 g/mol. The van der Waals surface area contributed by atoms with E-state index in [1.165, 1.54) is 36.0 Å². The van der Waals surface area contributed by atoms with Crippen molar-refractivity contribution in [2.24, 2.45) is 0 Å². The molecule has 0 saturated heterocycles. The Morgan fingerprint density at radius 3 is 2.23 bits per heavy atom. The summed E-state index contributed by atoms with van der Waals surface area (Å²) < 4.78 is 37.5. The molecule has 2 rings (SSSR count). The number of hydrogen-bond acceptors (Lipinski definition) is 4. The van der Waals surface area contributed by atoms with Gasteiger partial charge in [0.1, 0.15) is 0 Å². The lowest BCUT2D eigenvalue weighted by atomic mass is 10.1. The van der Waals surface area contributed by atoms with Gasteiger partial charge >= 0.3 is 6.18 Å². The molecular weight excluding hydrogens is 369 g/mol. The average Bonchev–Trinajstić information content (AvgIpc) is 2.59. The smallest absolute Gasteiger partial charge is 0.351 e. The summed E-state index contributed by atoms with van der Waals surface area (Å²) in [4.78, 5) is 22.9. The maximum absolute atomic E-state index is 12.5. The number of carbonyl (C=O) groups is 1. The Balaban J connectivity index is 1.87. The highest BCUT2D eigenvalue weighted by Gasteiger charge is 2.29. The molecule has 0 saturated carbocycles. The SMILES string of the molecule is CC(Sc1ccc([N+](=O)[O-])cc1)C(=O)NCc1ccc(C(F)(F)F)cc1. The lowest BCUT2D eigenvalue weighted by Gasteiger charge is -2.12. The Labute approximate surface area is 151 Å². The number of nitrogens with zero attached hydrogens (tertiary/aromatic N) is 1. The Morgan fingerprint density at radius 1 is 1.15 bits per heavy atom. The van der Waals surface area contributed by atoms with Crippen LogP contribution in [0.4, 0.5) is 18.9 Å². The van der Waals surface area contributed by atoms with Crippen molar-refractivity contribution in [1.82, 2.24) is 5.32 Å². The van der Waals surface area contributed by atoms with Crippen LogP contribution in [0.3, 0.4) is 0 Å². The van der Waals surface area contributed by atoms with Gasteiger partial charge in [0.25, 0.3) is 5.69 Å². The van der Waals surface area contributed by atoms with Crippen LogP contribution in [-0.4, -0.2) is 16.1 Å². The fourth-order valence-corrected chi connectivity index (χ4v) is 2.94. The summed E-state index contributed by atoms with van der Waals surface area (Å²) in [7, 11) is 0. The molecule has 0 aliphatic rings. The first kappa shape index (κ1) is 19.8.